The van der Waals surface area contributed by atoms with Crippen LogP contribution in [0.2, 0.25) is 12.1 Å². The van der Waals surface area contributed by atoms with Crippen molar-refractivity contribution in [3.05, 3.63) is 25.3 Å². The van der Waals surface area contributed by atoms with E-state index in [9.17, 15) is 4.11 Å². The Kier molecular flexibility index (Phi) is 4.55. The molecule has 0 aliphatic carbocycles. The van der Waals surface area contributed by atoms with Gasteiger partial charge in [0, 0.05) is 0 Å². The first kappa shape index (κ1) is 7.63. The van der Waals surface area contributed by atoms with E-state index >= 15 is 0 Å². The van der Waals surface area contributed by atoms with Crippen molar-refractivity contribution in [1.82, 2.24) is 0 Å². The molecule has 0 aromatic heterocycles. The molecule has 0 fully saturated rings. The third kappa shape index (κ3) is 3.80. The van der Waals surface area contributed by atoms with E-state index in [2.05, 4.69) is 13.2 Å². The van der Waals surface area contributed by atoms with Crippen LogP contribution >= 0.6 is 0 Å². The highest BCUT2D eigenvalue weighted by Gasteiger charge is 2.01. The zero-order chi connectivity index (χ0) is 6.41. The molecule has 0 radical (unpaired) electrons. The second-order valence-corrected chi connectivity index (χ2v) is 3.78. The smallest absolute Gasteiger partial charge is 0.239 e. The summed E-state index contributed by atoms with van der Waals surface area (Å²) in [5.41, 5.74) is 0. The van der Waals surface area contributed by atoms with Gasteiger partial charge in [-0.2, -0.15) is 0 Å². The molecule has 46 valence electrons. The van der Waals surface area contributed by atoms with Crippen molar-refractivity contribution in [2.45, 2.75) is 12.1 Å². The SMILES string of the molecule is C=CC[SiH](F)CC=C. The highest BCUT2D eigenvalue weighted by atomic mass is 28.3. The molecule has 0 atom stereocenters. The lowest BCUT2D eigenvalue weighted by Gasteiger charge is -1.93. The first-order chi connectivity index (χ1) is 3.81. The summed E-state index contributed by atoms with van der Waals surface area (Å²) in [6.07, 6.45) is 3.28. The minimum Gasteiger partial charge on any atom is -0.318 e. The maximum Gasteiger partial charge on any atom is 0.239 e. The van der Waals surface area contributed by atoms with Gasteiger partial charge >= 0.3 is 0 Å². The lowest BCUT2D eigenvalue weighted by atomic mass is 10.7. The number of halogens is 1. The largest absolute Gasteiger partial charge is 0.318 e. The minimum absolute atomic E-state index is 0.575. The quantitative estimate of drug-likeness (QED) is 0.310. The second-order valence-electron chi connectivity index (χ2n) is 1.65. The highest BCUT2D eigenvalue weighted by Crippen LogP contribution is 2.00. The Morgan fingerprint density at radius 2 is 1.62 bits per heavy atom. The summed E-state index contributed by atoms with van der Waals surface area (Å²) in [4.78, 5) is 0. The summed E-state index contributed by atoms with van der Waals surface area (Å²) < 4.78 is 12.4. The van der Waals surface area contributed by atoms with Gasteiger partial charge in [0.15, 0.2) is 0 Å². The van der Waals surface area contributed by atoms with Gasteiger partial charge < -0.3 is 4.11 Å². The van der Waals surface area contributed by atoms with Crippen LogP contribution in [0.1, 0.15) is 0 Å². The van der Waals surface area contributed by atoms with Crippen LogP contribution in [0.3, 0.4) is 0 Å². The van der Waals surface area contributed by atoms with Crippen molar-refractivity contribution in [2.24, 2.45) is 0 Å². The van der Waals surface area contributed by atoms with Crippen molar-refractivity contribution in [2.75, 3.05) is 0 Å². The lowest BCUT2D eigenvalue weighted by Crippen LogP contribution is -1.99. The first-order valence-electron chi connectivity index (χ1n) is 2.67. The fraction of sp³-hybridized carbons (Fsp3) is 0.333. The summed E-state index contributed by atoms with van der Waals surface area (Å²) in [5, 5.41) is 0. The predicted octanol–water partition coefficient (Wildman–Crippen LogP) is 2.05. The zero-order valence-electron chi connectivity index (χ0n) is 4.94. The lowest BCUT2D eigenvalue weighted by molar-refractivity contribution is 0.828. The van der Waals surface area contributed by atoms with Crippen molar-refractivity contribution in [3.63, 3.8) is 0 Å². The molecule has 0 aromatic rings. The molecule has 0 amide bonds. The van der Waals surface area contributed by atoms with Crippen LogP contribution in [0.5, 0.6) is 0 Å². The van der Waals surface area contributed by atoms with Crippen molar-refractivity contribution < 1.29 is 4.11 Å². The molecule has 0 heterocycles. The Hall–Kier alpha value is -0.373. The molecule has 0 rings (SSSR count). The van der Waals surface area contributed by atoms with E-state index in [1.807, 2.05) is 0 Å². The number of hydrogen-bond donors (Lipinski definition) is 0. The van der Waals surface area contributed by atoms with Gasteiger partial charge in [-0.3, -0.25) is 0 Å². The number of rotatable bonds is 4. The Morgan fingerprint density at radius 1 is 1.25 bits per heavy atom. The normalized spacial score (nSPS) is 9.25. The second kappa shape index (κ2) is 4.78. The molecule has 0 aromatic carbocycles. The van der Waals surface area contributed by atoms with Crippen molar-refractivity contribution in [3.8, 4) is 0 Å². The van der Waals surface area contributed by atoms with Gasteiger partial charge in [-0.25, -0.2) is 0 Å². The molecule has 2 heteroatoms. The third-order valence-corrected chi connectivity index (χ3v) is 2.53. The van der Waals surface area contributed by atoms with Crippen molar-refractivity contribution >= 4 is 9.13 Å². The Labute approximate surface area is 51.5 Å². The molecule has 0 aliphatic rings. The van der Waals surface area contributed by atoms with Gasteiger partial charge in [0.05, 0.1) is 0 Å². The molecule has 0 saturated heterocycles. The monoisotopic (exact) mass is 130 g/mol. The predicted molar refractivity (Wildman–Crippen MR) is 38.3 cm³/mol. The number of hydrogen-bond acceptors (Lipinski definition) is 0. The average Bonchev–Trinajstić information content (AvgIpc) is 1.68. The molecular weight excluding hydrogens is 119 g/mol. The van der Waals surface area contributed by atoms with Gasteiger partial charge in [0.25, 0.3) is 0 Å². The summed E-state index contributed by atoms with van der Waals surface area (Å²) in [6.45, 7) is 6.89. The molecule has 0 aliphatic heterocycles. The average molecular weight is 130 g/mol. The van der Waals surface area contributed by atoms with Crippen LogP contribution in [0.15, 0.2) is 25.3 Å². The van der Waals surface area contributed by atoms with E-state index in [0.29, 0.717) is 12.1 Å². The summed E-state index contributed by atoms with van der Waals surface area (Å²) in [6, 6.07) is 1.15. The molecule has 0 bridgehead atoms. The summed E-state index contributed by atoms with van der Waals surface area (Å²) in [7, 11) is -1.94. The third-order valence-electron chi connectivity index (χ3n) is 0.845. The molecule has 0 saturated carbocycles. The molecule has 0 nitrogen and oxygen atoms in total. The van der Waals surface area contributed by atoms with Crippen LogP contribution < -0.4 is 0 Å². The fourth-order valence-electron chi connectivity index (χ4n) is 0.458. The Balaban J connectivity index is 3.16. The fourth-order valence-corrected chi connectivity index (χ4v) is 1.37. The first-order valence-corrected chi connectivity index (χ1v) is 4.74. The summed E-state index contributed by atoms with van der Waals surface area (Å²) in [5.74, 6) is 0. The Bertz CT molecular complexity index is 70.6. The number of allylic oxidation sites excluding steroid dienone is 2. The maximum absolute atomic E-state index is 12.4. The van der Waals surface area contributed by atoms with E-state index in [1.165, 1.54) is 0 Å². The van der Waals surface area contributed by atoms with E-state index in [-0.39, 0.29) is 0 Å². The highest BCUT2D eigenvalue weighted by molar-refractivity contribution is 6.52. The van der Waals surface area contributed by atoms with Crippen molar-refractivity contribution in [1.29, 1.82) is 0 Å². The molecule has 8 heavy (non-hydrogen) atoms. The van der Waals surface area contributed by atoms with Gasteiger partial charge in [-0.1, -0.05) is 12.2 Å². The maximum atomic E-state index is 12.4. The summed E-state index contributed by atoms with van der Waals surface area (Å²) >= 11 is 0. The Morgan fingerprint density at radius 3 is 1.88 bits per heavy atom. The van der Waals surface area contributed by atoms with Gasteiger partial charge in [0.1, 0.15) is 0 Å². The molecule has 0 spiro atoms. The van der Waals surface area contributed by atoms with Gasteiger partial charge in [0.2, 0.25) is 9.13 Å². The van der Waals surface area contributed by atoms with E-state index in [1.54, 1.807) is 12.2 Å². The van der Waals surface area contributed by atoms with E-state index in [0.717, 1.165) is 0 Å². The minimum atomic E-state index is -1.94. The van der Waals surface area contributed by atoms with E-state index < -0.39 is 9.13 Å². The molecule has 0 N–H and O–H groups in total. The topological polar surface area (TPSA) is 0 Å². The van der Waals surface area contributed by atoms with Crippen LogP contribution in [0.4, 0.5) is 4.11 Å². The standard InChI is InChI=1S/C6H11FSi/c1-3-5-8(7)6-4-2/h3-4,8H,1-2,5-6H2. The van der Waals surface area contributed by atoms with Crippen LogP contribution in [0.25, 0.3) is 0 Å². The molecular formula is C6H11FSi. The van der Waals surface area contributed by atoms with Crippen LogP contribution in [-0.4, -0.2) is 9.13 Å². The zero-order valence-corrected chi connectivity index (χ0v) is 6.09. The van der Waals surface area contributed by atoms with Gasteiger partial charge in [-0.05, 0) is 12.1 Å². The van der Waals surface area contributed by atoms with Gasteiger partial charge in [-0.15, -0.1) is 13.2 Å². The van der Waals surface area contributed by atoms with Crippen LogP contribution in [-0.2, 0) is 0 Å². The van der Waals surface area contributed by atoms with E-state index in [4.69, 9.17) is 0 Å². The molecule has 0 unspecified atom stereocenters. The van der Waals surface area contributed by atoms with Crippen LogP contribution in [0, 0.1) is 0 Å².